The average Bonchev–Trinajstić information content (AvgIpc) is 2.28. The maximum absolute atomic E-state index is 10.1. The monoisotopic (exact) mass is 288 g/mol. The predicted octanol–water partition coefficient (Wildman–Crippen LogP) is -2.59. The molecule has 0 unspecified atom stereocenters. The maximum Gasteiger partial charge on any atom is 0.319 e. The minimum absolute atomic E-state index is 0. The fourth-order valence-electron chi connectivity index (χ4n) is 0.397. The number of aliphatic hydroxyl groups is 4. The minimum Gasteiger partial charge on any atom is -0.481 e. The van der Waals surface area contributed by atoms with Crippen molar-refractivity contribution in [3.8, 4) is 0 Å². The Bertz CT molecular complexity index is 224. The van der Waals surface area contributed by atoms with E-state index in [0.717, 1.165) is 0 Å². The van der Waals surface area contributed by atoms with E-state index in [1.54, 1.807) is 0 Å². The molecule has 0 atom stereocenters. The number of hydrogen-bond donors (Lipinski definition) is 7. The lowest BCUT2D eigenvalue weighted by Crippen LogP contribution is -2.50. The summed E-state index contributed by atoms with van der Waals surface area (Å²) in [5.74, 6) is -2.21. The molecule has 10 N–H and O–H groups in total. The maximum atomic E-state index is 10.1. The van der Waals surface area contributed by atoms with Crippen LogP contribution in [0.2, 0.25) is 0 Å². The van der Waals surface area contributed by atoms with Crippen LogP contribution in [0.3, 0.4) is 0 Å². The first-order valence-electron chi connectivity index (χ1n) is 4.45. The van der Waals surface area contributed by atoms with E-state index in [1.165, 1.54) is 0 Å². The zero-order valence-corrected chi connectivity index (χ0v) is 9.78. The Morgan fingerprint density at radius 3 is 1.58 bits per heavy atom. The van der Waals surface area contributed by atoms with E-state index < -0.39 is 50.5 Å². The van der Waals surface area contributed by atoms with Crippen LogP contribution in [0.1, 0.15) is 13.8 Å². The van der Waals surface area contributed by atoms with Gasteiger partial charge in [-0.05, 0) is 0 Å². The first kappa shape index (κ1) is 26.3. The SMILES string of the molecule is C.N.NC(CO)(CO)CO.O=C(O)CC(=O)OCO. The van der Waals surface area contributed by atoms with E-state index in [0.29, 0.717) is 0 Å². The summed E-state index contributed by atoms with van der Waals surface area (Å²) in [4.78, 5) is 19.8. The Hall–Kier alpha value is -1.30. The van der Waals surface area contributed by atoms with E-state index >= 15 is 0 Å². The Labute approximate surface area is 111 Å². The standard InChI is InChI=1S/C4H11NO3.C4H6O5.CH4.H3N/c5-4(1-6,2-7)3-8;5-2-9-4(8)1-3(6)7;;/h6-8H,1-3,5H2;5H,1-2H2,(H,6,7);1H4;1H3. The number of aliphatic carboxylic acids is 1. The van der Waals surface area contributed by atoms with E-state index in [9.17, 15) is 9.59 Å². The smallest absolute Gasteiger partial charge is 0.319 e. The van der Waals surface area contributed by atoms with Crippen LogP contribution in [-0.4, -0.2) is 69.6 Å². The van der Waals surface area contributed by atoms with Crippen molar-refractivity contribution >= 4 is 11.9 Å². The van der Waals surface area contributed by atoms with Gasteiger partial charge in [0.2, 0.25) is 0 Å². The molecule has 0 aliphatic carbocycles. The molecule has 0 spiro atoms. The third-order valence-corrected chi connectivity index (χ3v) is 1.47. The van der Waals surface area contributed by atoms with Crippen LogP contribution < -0.4 is 11.9 Å². The number of carboxylic acids is 1. The van der Waals surface area contributed by atoms with Gasteiger partial charge in [-0.15, -0.1) is 0 Å². The molecule has 0 bridgehead atoms. The van der Waals surface area contributed by atoms with Gasteiger partial charge >= 0.3 is 11.9 Å². The fraction of sp³-hybridized carbons (Fsp3) is 0.778. The lowest BCUT2D eigenvalue weighted by Gasteiger charge is -2.20. The third kappa shape index (κ3) is 16.7. The lowest BCUT2D eigenvalue weighted by atomic mass is 10.1. The zero-order valence-electron chi connectivity index (χ0n) is 9.78. The van der Waals surface area contributed by atoms with Crippen LogP contribution in [0.15, 0.2) is 0 Å². The number of carbonyl (C=O) groups excluding carboxylic acids is 1. The molecule has 19 heavy (non-hydrogen) atoms. The third-order valence-electron chi connectivity index (χ3n) is 1.47. The van der Waals surface area contributed by atoms with Gasteiger partial charge in [0.1, 0.15) is 6.42 Å². The van der Waals surface area contributed by atoms with Crippen LogP contribution in [-0.2, 0) is 14.3 Å². The number of aliphatic hydroxyl groups excluding tert-OH is 4. The van der Waals surface area contributed by atoms with E-state index in [1.807, 2.05) is 0 Å². The molecule has 0 aliphatic rings. The number of ether oxygens (including phenoxy) is 1. The average molecular weight is 288 g/mol. The first-order valence-corrected chi connectivity index (χ1v) is 4.45. The highest BCUT2D eigenvalue weighted by Crippen LogP contribution is 1.93. The van der Waals surface area contributed by atoms with E-state index in [2.05, 4.69) is 4.74 Å². The molecular weight excluding hydrogens is 264 g/mol. The molecule has 0 aromatic carbocycles. The van der Waals surface area contributed by atoms with Crippen LogP contribution in [0.25, 0.3) is 0 Å². The Kier molecular flexibility index (Phi) is 20.4. The van der Waals surface area contributed by atoms with Crippen LogP contribution in [0, 0.1) is 0 Å². The molecule has 0 aromatic heterocycles. The second-order valence-electron chi connectivity index (χ2n) is 3.05. The van der Waals surface area contributed by atoms with Gasteiger partial charge in [-0.1, -0.05) is 7.43 Å². The normalized spacial score (nSPS) is 9.11. The number of nitrogens with two attached hydrogens (primary N) is 1. The number of esters is 1. The van der Waals surface area contributed by atoms with Gasteiger partial charge in [-0.3, -0.25) is 9.59 Å². The number of rotatable bonds is 6. The molecule has 0 aromatic rings. The Balaban J connectivity index is -0.000000108. The van der Waals surface area contributed by atoms with Crippen LogP contribution in [0.5, 0.6) is 0 Å². The molecule has 0 radical (unpaired) electrons. The summed E-state index contributed by atoms with van der Waals surface area (Å²) in [5, 5.41) is 40.9. The predicted molar refractivity (Wildman–Crippen MR) is 65.4 cm³/mol. The highest BCUT2D eigenvalue weighted by atomic mass is 16.6. The fourth-order valence-corrected chi connectivity index (χ4v) is 0.397. The number of hydrogen-bond acceptors (Lipinski definition) is 9. The lowest BCUT2D eigenvalue weighted by molar-refractivity contribution is -0.157. The van der Waals surface area contributed by atoms with E-state index in [4.69, 9.17) is 31.3 Å². The van der Waals surface area contributed by atoms with Crippen molar-refractivity contribution in [2.24, 2.45) is 5.73 Å². The summed E-state index contributed by atoms with van der Waals surface area (Å²) in [6, 6.07) is 0. The highest BCUT2D eigenvalue weighted by molar-refractivity contribution is 5.89. The Morgan fingerprint density at radius 2 is 1.42 bits per heavy atom. The summed E-state index contributed by atoms with van der Waals surface area (Å²) in [6.45, 7) is -1.98. The summed E-state index contributed by atoms with van der Waals surface area (Å²) in [6.07, 6.45) is -0.708. The second-order valence-corrected chi connectivity index (χ2v) is 3.05. The molecule has 0 fully saturated rings. The number of carboxylic acid groups (broad SMARTS) is 1. The van der Waals surface area contributed by atoms with Gasteiger partial charge in [0.15, 0.2) is 6.79 Å². The van der Waals surface area contributed by atoms with Gasteiger partial charge in [0.25, 0.3) is 0 Å². The van der Waals surface area contributed by atoms with Gasteiger partial charge in [-0.2, -0.15) is 0 Å². The molecule has 0 heterocycles. The van der Waals surface area contributed by atoms with Crippen molar-refractivity contribution in [2.75, 3.05) is 26.6 Å². The molecule has 118 valence electrons. The minimum atomic E-state index is -1.27. The van der Waals surface area contributed by atoms with Crippen molar-refractivity contribution in [2.45, 2.75) is 19.4 Å². The van der Waals surface area contributed by atoms with Crippen LogP contribution >= 0.6 is 0 Å². The molecule has 0 saturated heterocycles. The van der Waals surface area contributed by atoms with Crippen LogP contribution in [0.4, 0.5) is 0 Å². The summed E-state index contributed by atoms with van der Waals surface area (Å²) >= 11 is 0. The molecule has 10 heteroatoms. The Morgan fingerprint density at radius 1 is 1.05 bits per heavy atom. The molecular formula is C9H24N2O8. The molecule has 0 aliphatic heterocycles. The highest BCUT2D eigenvalue weighted by Gasteiger charge is 2.20. The van der Waals surface area contributed by atoms with Gasteiger partial charge in [0.05, 0.1) is 25.4 Å². The largest absolute Gasteiger partial charge is 0.481 e. The van der Waals surface area contributed by atoms with Gasteiger partial charge < -0.3 is 42.2 Å². The molecule has 0 saturated carbocycles. The second kappa shape index (κ2) is 14.8. The number of carbonyl (C=O) groups is 2. The van der Waals surface area contributed by atoms with Crippen molar-refractivity contribution in [3.05, 3.63) is 0 Å². The van der Waals surface area contributed by atoms with Crippen molar-refractivity contribution in [1.82, 2.24) is 6.15 Å². The van der Waals surface area contributed by atoms with Gasteiger partial charge in [-0.25, -0.2) is 0 Å². The molecule has 0 rings (SSSR count). The van der Waals surface area contributed by atoms with E-state index in [-0.39, 0.29) is 13.6 Å². The van der Waals surface area contributed by atoms with Crippen molar-refractivity contribution in [1.29, 1.82) is 0 Å². The quantitative estimate of drug-likeness (QED) is 0.154. The zero-order chi connectivity index (χ0) is 13.9. The van der Waals surface area contributed by atoms with Crippen molar-refractivity contribution in [3.63, 3.8) is 0 Å². The van der Waals surface area contributed by atoms with Gasteiger partial charge in [0, 0.05) is 0 Å². The summed E-state index contributed by atoms with van der Waals surface area (Å²) < 4.78 is 3.89. The summed E-state index contributed by atoms with van der Waals surface area (Å²) in [7, 11) is 0. The first-order chi connectivity index (χ1) is 7.85. The molecule has 10 nitrogen and oxygen atoms in total. The molecule has 0 amide bonds. The van der Waals surface area contributed by atoms with Crippen molar-refractivity contribution < 1.29 is 39.9 Å². The summed E-state index contributed by atoms with van der Waals surface area (Å²) in [5.41, 5.74) is 3.94. The topological polar surface area (TPSA) is 206 Å².